The fraction of sp³-hybridized carbons (Fsp3) is 0.438. The molecule has 0 aliphatic carbocycles. The van der Waals surface area contributed by atoms with Crippen molar-refractivity contribution in [3.63, 3.8) is 0 Å². The zero-order valence-corrected chi connectivity index (χ0v) is 13.1. The maximum atomic E-state index is 12.8. The molecule has 5 heteroatoms. The highest BCUT2D eigenvalue weighted by atomic mass is 35.5. The fourth-order valence-electron chi connectivity index (χ4n) is 2.71. The summed E-state index contributed by atoms with van der Waals surface area (Å²) in [5, 5.41) is 1.53. The lowest BCUT2D eigenvalue weighted by Crippen LogP contribution is -2.50. The first-order valence-electron chi connectivity index (χ1n) is 7.08. The van der Waals surface area contributed by atoms with Crippen LogP contribution in [0.15, 0.2) is 22.6 Å². The second-order valence-electron chi connectivity index (χ2n) is 5.65. The first-order chi connectivity index (χ1) is 9.97. The quantitative estimate of drug-likeness (QED) is 0.807. The molecule has 2 aromatic rings. The van der Waals surface area contributed by atoms with Crippen molar-refractivity contribution in [3.05, 3.63) is 34.5 Å². The number of amides is 1. The number of aryl methyl sites for hydroxylation is 1. The summed E-state index contributed by atoms with van der Waals surface area (Å²) in [5.74, 6) is 0.315. The molecule has 0 N–H and O–H groups in total. The Hall–Kier alpha value is -1.52. The molecule has 21 heavy (non-hydrogen) atoms. The van der Waals surface area contributed by atoms with Gasteiger partial charge in [0, 0.05) is 22.5 Å². The average molecular weight is 308 g/mol. The van der Waals surface area contributed by atoms with Gasteiger partial charge in [-0.05, 0) is 39.0 Å². The number of furan rings is 1. The number of rotatable bonds is 1. The van der Waals surface area contributed by atoms with Gasteiger partial charge in [0.2, 0.25) is 0 Å². The van der Waals surface area contributed by atoms with E-state index in [1.165, 1.54) is 0 Å². The van der Waals surface area contributed by atoms with Crippen molar-refractivity contribution in [3.8, 4) is 0 Å². The molecule has 0 bridgehead atoms. The van der Waals surface area contributed by atoms with Crippen LogP contribution in [-0.2, 0) is 4.74 Å². The number of hydrogen-bond donors (Lipinski definition) is 0. The van der Waals surface area contributed by atoms with Gasteiger partial charge in [-0.2, -0.15) is 0 Å². The minimum atomic E-state index is -0.0810. The largest absolute Gasteiger partial charge is 0.451 e. The Morgan fingerprint density at radius 3 is 2.90 bits per heavy atom. The van der Waals surface area contributed by atoms with E-state index in [9.17, 15) is 4.79 Å². The summed E-state index contributed by atoms with van der Waals surface area (Å²) in [6, 6.07) is 5.44. The van der Waals surface area contributed by atoms with E-state index in [1.807, 2.05) is 31.7 Å². The van der Waals surface area contributed by atoms with Crippen LogP contribution in [0.3, 0.4) is 0 Å². The Balaban J connectivity index is 1.99. The van der Waals surface area contributed by atoms with E-state index in [4.69, 9.17) is 20.8 Å². The van der Waals surface area contributed by atoms with Gasteiger partial charge >= 0.3 is 0 Å². The van der Waals surface area contributed by atoms with Gasteiger partial charge in [0.25, 0.3) is 5.91 Å². The molecule has 1 aromatic heterocycles. The summed E-state index contributed by atoms with van der Waals surface area (Å²) in [7, 11) is 0. The summed E-state index contributed by atoms with van der Waals surface area (Å²) in [6.45, 7) is 6.98. The Morgan fingerprint density at radius 1 is 1.38 bits per heavy atom. The number of carbonyl (C=O) groups excluding carboxylic acids is 1. The Labute approximate surface area is 128 Å². The minimum absolute atomic E-state index is 0.0456. The van der Waals surface area contributed by atoms with Crippen LogP contribution in [0.5, 0.6) is 0 Å². The van der Waals surface area contributed by atoms with E-state index < -0.39 is 0 Å². The molecule has 2 unspecified atom stereocenters. The van der Waals surface area contributed by atoms with Crippen molar-refractivity contribution in [2.75, 3.05) is 13.2 Å². The molecule has 0 spiro atoms. The third-order valence-corrected chi connectivity index (χ3v) is 4.20. The summed E-state index contributed by atoms with van der Waals surface area (Å²) in [4.78, 5) is 14.6. The van der Waals surface area contributed by atoms with E-state index in [2.05, 4.69) is 0 Å². The summed E-state index contributed by atoms with van der Waals surface area (Å²) >= 11 is 6.02. The lowest BCUT2D eigenvalue weighted by molar-refractivity contribution is -0.0396. The lowest BCUT2D eigenvalue weighted by Gasteiger charge is -2.36. The number of nitrogens with zero attached hydrogens (tertiary/aromatic N) is 1. The van der Waals surface area contributed by atoms with Crippen LogP contribution >= 0.6 is 11.6 Å². The molecule has 2 heterocycles. The molecule has 1 amide bonds. The molecular weight excluding hydrogens is 290 g/mol. The van der Waals surface area contributed by atoms with Crippen molar-refractivity contribution in [2.24, 2.45) is 0 Å². The van der Waals surface area contributed by atoms with E-state index in [0.29, 0.717) is 29.5 Å². The Morgan fingerprint density at radius 2 is 2.14 bits per heavy atom. The highest BCUT2D eigenvalue weighted by Gasteiger charge is 2.31. The third-order valence-electron chi connectivity index (χ3n) is 3.96. The van der Waals surface area contributed by atoms with Crippen LogP contribution in [-0.4, -0.2) is 36.1 Å². The number of ether oxygens (including phenoxy) is 1. The smallest absolute Gasteiger partial charge is 0.290 e. The Kier molecular flexibility index (Phi) is 3.68. The predicted molar refractivity (Wildman–Crippen MR) is 81.9 cm³/mol. The molecule has 0 saturated carbocycles. The Bertz CT molecular complexity index is 694. The zero-order chi connectivity index (χ0) is 15.1. The van der Waals surface area contributed by atoms with E-state index in [0.717, 1.165) is 10.9 Å². The number of hydrogen-bond acceptors (Lipinski definition) is 3. The predicted octanol–water partition coefficient (Wildman–Crippen LogP) is 3.64. The molecular formula is C16H18ClNO3. The second kappa shape index (κ2) is 5.35. The summed E-state index contributed by atoms with van der Waals surface area (Å²) in [6.07, 6.45) is 0.0456. The second-order valence-corrected chi connectivity index (χ2v) is 6.08. The maximum Gasteiger partial charge on any atom is 0.290 e. The number of morpholine rings is 1. The molecule has 4 nitrogen and oxygen atoms in total. The summed E-state index contributed by atoms with van der Waals surface area (Å²) in [5.41, 5.74) is 1.53. The van der Waals surface area contributed by atoms with E-state index in [1.54, 1.807) is 12.1 Å². The number of benzene rings is 1. The zero-order valence-electron chi connectivity index (χ0n) is 12.4. The van der Waals surface area contributed by atoms with Crippen molar-refractivity contribution in [1.82, 2.24) is 4.90 Å². The van der Waals surface area contributed by atoms with Gasteiger partial charge in [-0.1, -0.05) is 11.6 Å². The number of fused-ring (bicyclic) bond motifs is 1. The SMILES string of the molecule is Cc1c(C(=O)N2CC(C)OCC2C)oc2ccc(Cl)cc12. The standard InChI is InChI=1S/C16H18ClNO3/c1-9-8-20-10(2)7-18(9)16(19)15-11(3)13-6-12(17)4-5-14(13)21-15/h4-6,9-10H,7-8H2,1-3H3. The molecule has 0 radical (unpaired) electrons. The van der Waals surface area contributed by atoms with Gasteiger partial charge in [0.05, 0.1) is 18.8 Å². The molecule has 1 saturated heterocycles. The maximum absolute atomic E-state index is 12.8. The van der Waals surface area contributed by atoms with Gasteiger partial charge < -0.3 is 14.1 Å². The molecule has 112 valence electrons. The first-order valence-corrected chi connectivity index (χ1v) is 7.46. The normalized spacial score (nSPS) is 22.8. The minimum Gasteiger partial charge on any atom is -0.451 e. The highest BCUT2D eigenvalue weighted by Crippen LogP contribution is 2.29. The van der Waals surface area contributed by atoms with Crippen molar-refractivity contribution in [2.45, 2.75) is 32.9 Å². The fourth-order valence-corrected chi connectivity index (χ4v) is 2.89. The van der Waals surface area contributed by atoms with Gasteiger partial charge in [0.15, 0.2) is 5.76 Å². The van der Waals surface area contributed by atoms with Gasteiger partial charge in [-0.15, -0.1) is 0 Å². The lowest BCUT2D eigenvalue weighted by atomic mass is 10.1. The van der Waals surface area contributed by atoms with Crippen LogP contribution in [0, 0.1) is 6.92 Å². The first kappa shape index (κ1) is 14.4. The molecule has 1 aliphatic heterocycles. The van der Waals surface area contributed by atoms with Gasteiger partial charge in [0.1, 0.15) is 5.58 Å². The number of carbonyl (C=O) groups is 1. The van der Waals surface area contributed by atoms with E-state index >= 15 is 0 Å². The summed E-state index contributed by atoms with van der Waals surface area (Å²) < 4.78 is 11.3. The van der Waals surface area contributed by atoms with Crippen LogP contribution in [0.2, 0.25) is 5.02 Å². The van der Waals surface area contributed by atoms with Crippen LogP contribution in [0.4, 0.5) is 0 Å². The molecule has 1 aliphatic rings. The topological polar surface area (TPSA) is 42.7 Å². The third kappa shape index (κ3) is 2.54. The monoisotopic (exact) mass is 307 g/mol. The van der Waals surface area contributed by atoms with Gasteiger partial charge in [-0.25, -0.2) is 0 Å². The van der Waals surface area contributed by atoms with Crippen molar-refractivity contribution < 1.29 is 13.9 Å². The highest BCUT2D eigenvalue weighted by molar-refractivity contribution is 6.31. The average Bonchev–Trinajstić information content (AvgIpc) is 2.78. The van der Waals surface area contributed by atoms with Crippen molar-refractivity contribution >= 4 is 28.5 Å². The molecule has 1 aromatic carbocycles. The molecule has 1 fully saturated rings. The van der Waals surface area contributed by atoms with E-state index in [-0.39, 0.29) is 18.1 Å². The number of halogens is 1. The molecule has 3 rings (SSSR count). The van der Waals surface area contributed by atoms with Crippen LogP contribution in [0.1, 0.15) is 30.0 Å². The van der Waals surface area contributed by atoms with Crippen molar-refractivity contribution in [1.29, 1.82) is 0 Å². The van der Waals surface area contributed by atoms with Gasteiger partial charge in [-0.3, -0.25) is 4.79 Å². The van der Waals surface area contributed by atoms with Crippen LogP contribution < -0.4 is 0 Å². The molecule has 2 atom stereocenters. The van der Waals surface area contributed by atoms with Crippen LogP contribution in [0.25, 0.3) is 11.0 Å².